The van der Waals surface area contributed by atoms with Crippen LogP contribution in [0.15, 0.2) is 53.6 Å². The number of nitrogens with two attached hydrogens (primary N) is 1. The van der Waals surface area contributed by atoms with E-state index >= 15 is 0 Å². The number of rotatable bonds is 6. The summed E-state index contributed by atoms with van der Waals surface area (Å²) in [5.41, 5.74) is 6.29. The van der Waals surface area contributed by atoms with Gasteiger partial charge in [0.05, 0.1) is 18.4 Å². The third-order valence-corrected chi connectivity index (χ3v) is 7.64. The van der Waals surface area contributed by atoms with Crippen LogP contribution in [0.4, 0.5) is 11.6 Å². The van der Waals surface area contributed by atoms with E-state index in [1.807, 2.05) is 18.7 Å². The molecule has 0 aliphatic carbocycles. The number of aromatic nitrogens is 2. The zero-order valence-corrected chi connectivity index (χ0v) is 21.3. The summed E-state index contributed by atoms with van der Waals surface area (Å²) < 4.78 is 33.2. The minimum absolute atomic E-state index is 0. The Balaban J connectivity index is 0.00000380. The molecule has 192 valence electrons. The molecule has 1 aliphatic heterocycles. The molecular weight excluding hydrogens is 482 g/mol. The Hall–Kier alpha value is -3.86. The molecule has 1 atom stereocenters. The SMILES string of the molecule is COc1cccc(-c2ccc(C(=O)NS(=O)(=O)c3cccnc3N)c(N3C[C@@H](C)CC3(C)C)n2)c1O.[HH]. The van der Waals surface area contributed by atoms with Gasteiger partial charge in [-0.15, -0.1) is 0 Å². The van der Waals surface area contributed by atoms with Crippen molar-refractivity contribution >= 4 is 27.6 Å². The van der Waals surface area contributed by atoms with Crippen LogP contribution in [0, 0.1) is 5.92 Å². The lowest BCUT2D eigenvalue weighted by Crippen LogP contribution is -2.41. The van der Waals surface area contributed by atoms with Gasteiger partial charge >= 0.3 is 0 Å². The van der Waals surface area contributed by atoms with Crippen LogP contribution in [0.2, 0.25) is 0 Å². The normalized spacial score (nSPS) is 17.1. The second-order valence-corrected chi connectivity index (χ2v) is 11.1. The zero-order chi connectivity index (χ0) is 26.3. The molecule has 1 amide bonds. The highest BCUT2D eigenvalue weighted by atomic mass is 32.2. The fourth-order valence-corrected chi connectivity index (χ4v) is 5.75. The summed E-state index contributed by atoms with van der Waals surface area (Å²) >= 11 is 0. The monoisotopic (exact) mass is 513 g/mol. The van der Waals surface area contributed by atoms with Crippen LogP contribution in [0.25, 0.3) is 11.3 Å². The number of amides is 1. The molecule has 0 unspecified atom stereocenters. The average Bonchev–Trinajstić information content (AvgIpc) is 3.10. The molecule has 3 heterocycles. The van der Waals surface area contributed by atoms with Gasteiger partial charge in [0.15, 0.2) is 11.5 Å². The van der Waals surface area contributed by atoms with Crippen molar-refractivity contribution in [3.05, 3.63) is 54.2 Å². The summed E-state index contributed by atoms with van der Waals surface area (Å²) in [6.07, 6.45) is 2.22. The van der Waals surface area contributed by atoms with Crippen molar-refractivity contribution in [3.63, 3.8) is 0 Å². The molecule has 3 aromatic rings. The Morgan fingerprint density at radius 3 is 2.64 bits per heavy atom. The molecule has 4 rings (SSSR count). The lowest BCUT2D eigenvalue weighted by Gasteiger charge is -2.34. The van der Waals surface area contributed by atoms with Crippen molar-refractivity contribution in [1.29, 1.82) is 0 Å². The van der Waals surface area contributed by atoms with E-state index < -0.39 is 15.9 Å². The van der Waals surface area contributed by atoms with Crippen LogP contribution in [-0.2, 0) is 10.0 Å². The number of anilines is 2. The molecule has 0 bridgehead atoms. The van der Waals surface area contributed by atoms with Gasteiger partial charge in [-0.05, 0) is 62.6 Å². The van der Waals surface area contributed by atoms with Crippen molar-refractivity contribution < 1.29 is 24.5 Å². The molecular formula is C25H31N5O5S. The van der Waals surface area contributed by atoms with E-state index in [0.29, 0.717) is 29.5 Å². The second-order valence-electron chi connectivity index (χ2n) is 9.48. The average molecular weight is 514 g/mol. The van der Waals surface area contributed by atoms with E-state index in [-0.39, 0.29) is 34.7 Å². The van der Waals surface area contributed by atoms with Gasteiger partial charge < -0.3 is 20.5 Å². The first-order chi connectivity index (χ1) is 16.9. The lowest BCUT2D eigenvalue weighted by atomic mass is 9.97. The maximum atomic E-state index is 13.3. The van der Waals surface area contributed by atoms with Gasteiger partial charge in [0.25, 0.3) is 15.9 Å². The number of methoxy groups -OCH3 is 1. The largest absolute Gasteiger partial charge is 0.504 e. The van der Waals surface area contributed by atoms with Gasteiger partial charge in [0, 0.05) is 25.3 Å². The van der Waals surface area contributed by atoms with Gasteiger partial charge in [-0.25, -0.2) is 23.1 Å². The minimum atomic E-state index is -4.29. The molecule has 0 saturated carbocycles. The molecule has 36 heavy (non-hydrogen) atoms. The number of ether oxygens (including phenoxy) is 1. The molecule has 4 N–H and O–H groups in total. The number of pyridine rings is 2. The number of phenolic OH excluding ortho intramolecular Hbond substituents is 1. The lowest BCUT2D eigenvalue weighted by molar-refractivity contribution is 0.0981. The maximum Gasteiger partial charge on any atom is 0.268 e. The summed E-state index contributed by atoms with van der Waals surface area (Å²) in [5, 5.41) is 10.7. The quantitative estimate of drug-likeness (QED) is 0.451. The van der Waals surface area contributed by atoms with Crippen molar-refractivity contribution in [2.24, 2.45) is 5.92 Å². The van der Waals surface area contributed by atoms with Crippen LogP contribution in [-0.4, -0.2) is 48.6 Å². The van der Waals surface area contributed by atoms with E-state index in [4.69, 9.17) is 15.5 Å². The third kappa shape index (κ3) is 4.66. The molecule has 1 saturated heterocycles. The van der Waals surface area contributed by atoms with Crippen molar-refractivity contribution in [3.8, 4) is 22.8 Å². The van der Waals surface area contributed by atoms with E-state index in [1.165, 1.54) is 31.5 Å². The fourth-order valence-electron chi connectivity index (χ4n) is 4.70. The Morgan fingerprint density at radius 2 is 2.00 bits per heavy atom. The van der Waals surface area contributed by atoms with Gasteiger partial charge in [0.2, 0.25) is 0 Å². The summed E-state index contributed by atoms with van der Waals surface area (Å²) in [4.78, 5) is 23.6. The molecule has 0 radical (unpaired) electrons. The van der Waals surface area contributed by atoms with Gasteiger partial charge in [-0.3, -0.25) is 4.79 Å². The Kier molecular flexibility index (Phi) is 6.52. The highest BCUT2D eigenvalue weighted by Gasteiger charge is 2.39. The first-order valence-corrected chi connectivity index (χ1v) is 12.9. The second kappa shape index (κ2) is 9.30. The third-order valence-electron chi connectivity index (χ3n) is 6.26. The van der Waals surface area contributed by atoms with Gasteiger partial charge in [0.1, 0.15) is 16.5 Å². The van der Waals surface area contributed by atoms with Crippen molar-refractivity contribution in [2.75, 3.05) is 24.3 Å². The standard InChI is InChI=1S/C25H29N5O5S.H2/c1-15-13-25(2,3)30(14-15)23-17(24(32)29-36(33,34)20-9-6-12-27-22(20)26)10-11-18(28-23)16-7-5-8-19(35-4)21(16)31;/h5-12,15,31H,13-14H2,1-4H3,(H2,26,27)(H,29,32);1H/t15-;/m0./s1. The van der Waals surface area contributed by atoms with Gasteiger partial charge in [-0.1, -0.05) is 13.0 Å². The fraction of sp³-hybridized carbons (Fsp3) is 0.320. The first kappa shape index (κ1) is 25.2. The van der Waals surface area contributed by atoms with E-state index in [9.17, 15) is 18.3 Å². The van der Waals surface area contributed by atoms with Crippen LogP contribution in [0.1, 0.15) is 39.0 Å². The predicted octanol–water partition coefficient (Wildman–Crippen LogP) is 3.43. The maximum absolute atomic E-state index is 13.3. The summed E-state index contributed by atoms with van der Waals surface area (Å²) in [7, 11) is -2.83. The van der Waals surface area contributed by atoms with E-state index in [2.05, 4.69) is 16.6 Å². The number of nitrogens with zero attached hydrogens (tertiary/aromatic N) is 3. The number of nitrogen functional groups attached to an aromatic ring is 1. The summed E-state index contributed by atoms with van der Waals surface area (Å²) in [6, 6.07) is 10.8. The zero-order valence-electron chi connectivity index (χ0n) is 20.5. The number of nitrogens with one attached hydrogen (secondary N) is 1. The highest BCUT2D eigenvalue weighted by Crippen LogP contribution is 2.40. The molecule has 1 aromatic carbocycles. The number of sulfonamides is 1. The van der Waals surface area contributed by atoms with Crippen molar-refractivity contribution in [1.82, 2.24) is 14.7 Å². The Bertz CT molecular complexity index is 1430. The number of carbonyl (C=O) groups excluding carboxylic acids is 1. The van der Waals surface area contributed by atoms with Crippen LogP contribution in [0.3, 0.4) is 0 Å². The number of phenols is 1. The number of hydrogen-bond acceptors (Lipinski definition) is 9. The number of carbonyl (C=O) groups is 1. The molecule has 11 heteroatoms. The number of para-hydroxylation sites is 1. The Morgan fingerprint density at radius 1 is 1.25 bits per heavy atom. The number of aromatic hydroxyl groups is 1. The topological polar surface area (TPSA) is 148 Å². The molecule has 2 aromatic heterocycles. The molecule has 0 spiro atoms. The number of hydrogen-bond donors (Lipinski definition) is 3. The summed E-state index contributed by atoms with van der Waals surface area (Å²) in [5.74, 6) is -0.222. The molecule has 10 nitrogen and oxygen atoms in total. The molecule has 1 fully saturated rings. The summed E-state index contributed by atoms with van der Waals surface area (Å²) in [6.45, 7) is 6.82. The van der Waals surface area contributed by atoms with Crippen LogP contribution in [0.5, 0.6) is 11.5 Å². The smallest absolute Gasteiger partial charge is 0.268 e. The van der Waals surface area contributed by atoms with Crippen molar-refractivity contribution in [2.45, 2.75) is 37.6 Å². The van der Waals surface area contributed by atoms with E-state index in [0.717, 1.165) is 6.42 Å². The van der Waals surface area contributed by atoms with Gasteiger partial charge in [-0.2, -0.15) is 0 Å². The van der Waals surface area contributed by atoms with Crippen LogP contribution >= 0.6 is 0 Å². The number of benzene rings is 1. The first-order valence-electron chi connectivity index (χ1n) is 11.4. The van der Waals surface area contributed by atoms with Crippen LogP contribution < -0.4 is 20.1 Å². The molecule has 1 aliphatic rings. The highest BCUT2D eigenvalue weighted by molar-refractivity contribution is 7.90. The predicted molar refractivity (Wildman–Crippen MR) is 139 cm³/mol. The van der Waals surface area contributed by atoms with E-state index in [1.54, 1.807) is 24.3 Å². The Labute approximate surface area is 211 Å². The minimum Gasteiger partial charge on any atom is -0.504 e.